The molecule has 2 atom stereocenters. The Bertz CT molecular complexity index is 165. The lowest BCUT2D eigenvalue weighted by atomic mass is 9.79. The van der Waals surface area contributed by atoms with E-state index >= 15 is 0 Å². The van der Waals surface area contributed by atoms with Gasteiger partial charge in [0, 0.05) is 4.83 Å². The van der Waals surface area contributed by atoms with Crippen LogP contribution in [0.3, 0.4) is 0 Å². The third kappa shape index (κ3) is 4.88. The van der Waals surface area contributed by atoms with Crippen LogP contribution in [0.4, 0.5) is 0 Å². The van der Waals surface area contributed by atoms with Crippen LogP contribution in [-0.4, -0.2) is 20.9 Å². The van der Waals surface area contributed by atoms with Gasteiger partial charge in [-0.1, -0.05) is 69.3 Å². The Kier molecular flexibility index (Phi) is 9.06. The second kappa shape index (κ2) is 8.70. The van der Waals surface area contributed by atoms with Crippen LogP contribution in [0.1, 0.15) is 66.2 Å². The molecule has 98 valence electrons. The van der Waals surface area contributed by atoms with Crippen molar-refractivity contribution in [1.29, 1.82) is 0 Å². The van der Waals surface area contributed by atoms with Crippen LogP contribution < -0.4 is 0 Å². The molecule has 3 heteroatoms. The molecule has 0 rings (SSSR count). The average molecular weight is 309 g/mol. The van der Waals surface area contributed by atoms with Crippen molar-refractivity contribution in [3.63, 3.8) is 0 Å². The van der Waals surface area contributed by atoms with Gasteiger partial charge in [0.1, 0.15) is 10.5 Å². The predicted molar refractivity (Wildman–Crippen MR) is 80.4 cm³/mol. The number of alkyl halides is 1. The lowest BCUT2D eigenvalue weighted by molar-refractivity contribution is 0.00322. The van der Waals surface area contributed by atoms with E-state index < -0.39 is 0 Å². The van der Waals surface area contributed by atoms with Gasteiger partial charge in [0.2, 0.25) is 0 Å². The summed E-state index contributed by atoms with van der Waals surface area (Å²) in [5.41, 5.74) is 0.140. The molecule has 0 aromatic rings. The van der Waals surface area contributed by atoms with Gasteiger partial charge in [-0.2, -0.15) is 0 Å². The average Bonchev–Trinajstić information content (AvgIpc) is 2.29. The minimum Gasteiger partial charge on any atom is -0.422 e. The lowest BCUT2D eigenvalue weighted by Crippen LogP contribution is -2.42. The van der Waals surface area contributed by atoms with Gasteiger partial charge < -0.3 is 4.43 Å². The zero-order valence-electron chi connectivity index (χ0n) is 11.7. The van der Waals surface area contributed by atoms with Crippen LogP contribution in [-0.2, 0) is 4.43 Å². The van der Waals surface area contributed by atoms with E-state index in [1.54, 1.807) is 0 Å². The Morgan fingerprint density at radius 1 is 1.12 bits per heavy atom. The molecular formula is C13H29BrOSi. The lowest BCUT2D eigenvalue weighted by Gasteiger charge is -2.40. The van der Waals surface area contributed by atoms with Crippen LogP contribution in [0.25, 0.3) is 0 Å². The van der Waals surface area contributed by atoms with Crippen molar-refractivity contribution in [2.75, 3.05) is 0 Å². The van der Waals surface area contributed by atoms with Crippen LogP contribution in [0.15, 0.2) is 0 Å². The van der Waals surface area contributed by atoms with Gasteiger partial charge >= 0.3 is 0 Å². The number of unbranched alkanes of at least 4 members (excludes halogenated alkanes) is 2. The molecule has 0 aromatic heterocycles. The van der Waals surface area contributed by atoms with E-state index in [0.29, 0.717) is 10.7 Å². The molecule has 0 aromatic carbocycles. The molecule has 0 aliphatic heterocycles. The van der Waals surface area contributed by atoms with E-state index in [1.165, 1.54) is 38.5 Å². The molecule has 0 amide bonds. The fraction of sp³-hybridized carbons (Fsp3) is 1.00. The van der Waals surface area contributed by atoms with E-state index in [-0.39, 0.29) is 5.60 Å². The Morgan fingerprint density at radius 3 is 1.81 bits per heavy atom. The fourth-order valence-electron chi connectivity index (χ4n) is 2.34. The van der Waals surface area contributed by atoms with Crippen molar-refractivity contribution in [3.05, 3.63) is 0 Å². The van der Waals surface area contributed by atoms with Crippen LogP contribution in [0.5, 0.6) is 0 Å². The molecule has 0 radical (unpaired) electrons. The summed E-state index contributed by atoms with van der Waals surface area (Å²) in [6.45, 7) is 9.11. The molecule has 0 saturated carbocycles. The van der Waals surface area contributed by atoms with E-state index in [1.807, 2.05) is 0 Å². The molecule has 0 saturated heterocycles. The van der Waals surface area contributed by atoms with Gasteiger partial charge in [0.25, 0.3) is 0 Å². The van der Waals surface area contributed by atoms with Crippen molar-refractivity contribution >= 4 is 26.4 Å². The smallest absolute Gasteiger partial charge is 0.146 e. The quantitative estimate of drug-likeness (QED) is 0.465. The number of hydrogen-bond acceptors (Lipinski definition) is 1. The van der Waals surface area contributed by atoms with Crippen molar-refractivity contribution in [2.24, 2.45) is 5.92 Å². The van der Waals surface area contributed by atoms with Gasteiger partial charge in [-0.05, 0) is 18.8 Å². The van der Waals surface area contributed by atoms with Gasteiger partial charge in [-0.3, -0.25) is 0 Å². The number of halogens is 1. The highest BCUT2D eigenvalue weighted by atomic mass is 79.9. The fourth-order valence-corrected chi connectivity index (χ4v) is 3.60. The second-order valence-corrected chi connectivity index (χ2v) is 6.79. The molecule has 0 fully saturated rings. The van der Waals surface area contributed by atoms with Crippen molar-refractivity contribution in [1.82, 2.24) is 0 Å². The van der Waals surface area contributed by atoms with Crippen LogP contribution >= 0.6 is 15.9 Å². The topological polar surface area (TPSA) is 9.23 Å². The van der Waals surface area contributed by atoms with Crippen molar-refractivity contribution < 1.29 is 4.43 Å². The largest absolute Gasteiger partial charge is 0.422 e. The molecule has 0 N–H and O–H groups in total. The third-order valence-corrected chi connectivity index (χ3v) is 5.44. The normalized spacial score (nSPS) is 16.3. The van der Waals surface area contributed by atoms with Gasteiger partial charge in [0.05, 0.1) is 5.60 Å². The first-order valence-electron chi connectivity index (χ1n) is 6.73. The minimum absolute atomic E-state index is 0.140. The van der Waals surface area contributed by atoms with E-state index in [9.17, 15) is 0 Å². The molecule has 16 heavy (non-hydrogen) atoms. The Labute approximate surface area is 113 Å². The zero-order valence-corrected chi connectivity index (χ0v) is 15.3. The molecule has 0 aliphatic rings. The second-order valence-electron chi connectivity index (χ2n) is 4.94. The predicted octanol–water partition coefficient (Wildman–Crippen LogP) is 3.82. The summed E-state index contributed by atoms with van der Waals surface area (Å²) in [6.07, 6.45) is 7.56. The first kappa shape index (κ1) is 16.7. The molecule has 0 bridgehead atoms. The minimum atomic E-state index is 0.140. The summed E-state index contributed by atoms with van der Waals surface area (Å²) in [4.78, 5) is 0.537. The highest BCUT2D eigenvalue weighted by molar-refractivity contribution is 9.09. The highest BCUT2D eigenvalue weighted by Gasteiger charge is 2.36. The summed E-state index contributed by atoms with van der Waals surface area (Å²) in [5, 5.41) is 0. The summed E-state index contributed by atoms with van der Waals surface area (Å²) in [5.74, 6) is 0.600. The van der Waals surface area contributed by atoms with E-state index in [2.05, 4.69) is 43.6 Å². The zero-order chi connectivity index (χ0) is 12.6. The first-order chi connectivity index (χ1) is 7.54. The molecule has 0 aliphatic carbocycles. The molecule has 2 unspecified atom stereocenters. The standard InChI is InChI=1S/C13H29BrOSi/c1-5-7-9-13(15-16,10-8-6-2)11(3)12(4)14/h11-12H,5-10H2,1-4,16H3. The number of rotatable bonds is 9. The summed E-state index contributed by atoms with van der Waals surface area (Å²) >= 11 is 3.74. The molecular weight excluding hydrogens is 280 g/mol. The molecule has 1 nitrogen and oxygen atoms in total. The van der Waals surface area contributed by atoms with Crippen LogP contribution in [0, 0.1) is 5.92 Å². The summed E-state index contributed by atoms with van der Waals surface area (Å²) in [6, 6.07) is 0. The maximum Gasteiger partial charge on any atom is 0.146 e. The number of hydrogen-bond donors (Lipinski definition) is 0. The van der Waals surface area contributed by atoms with Gasteiger partial charge in [0.15, 0.2) is 0 Å². The third-order valence-electron chi connectivity index (χ3n) is 3.83. The summed E-state index contributed by atoms with van der Waals surface area (Å²) in [7, 11) is 0.852. The van der Waals surface area contributed by atoms with Crippen molar-refractivity contribution in [3.8, 4) is 0 Å². The molecule has 0 heterocycles. The maximum atomic E-state index is 6.07. The monoisotopic (exact) mass is 308 g/mol. The van der Waals surface area contributed by atoms with E-state index in [0.717, 1.165) is 10.5 Å². The van der Waals surface area contributed by atoms with Crippen LogP contribution in [0.2, 0.25) is 0 Å². The Balaban J connectivity index is 4.64. The van der Waals surface area contributed by atoms with Gasteiger partial charge in [-0.15, -0.1) is 0 Å². The first-order valence-corrected chi connectivity index (χ1v) is 8.46. The maximum absolute atomic E-state index is 6.07. The SMILES string of the molecule is CCCCC(CCCC)(O[SiH3])C(C)C(C)Br. The Morgan fingerprint density at radius 2 is 1.56 bits per heavy atom. The van der Waals surface area contributed by atoms with Gasteiger partial charge in [-0.25, -0.2) is 0 Å². The molecule has 0 spiro atoms. The Hall–Kier alpha value is 0.657. The summed E-state index contributed by atoms with van der Waals surface area (Å²) < 4.78 is 6.07. The van der Waals surface area contributed by atoms with E-state index in [4.69, 9.17) is 4.43 Å². The van der Waals surface area contributed by atoms with Crippen molar-refractivity contribution in [2.45, 2.75) is 76.6 Å². The highest BCUT2D eigenvalue weighted by Crippen LogP contribution is 2.36.